The Morgan fingerprint density at radius 1 is 1.09 bits per heavy atom. The van der Waals surface area contributed by atoms with Gasteiger partial charge in [-0.3, -0.25) is 4.79 Å². The zero-order valence-electron chi connectivity index (χ0n) is 17.2. The molecule has 1 aliphatic heterocycles. The Labute approximate surface area is 182 Å². The average molecular weight is 443 g/mol. The van der Waals surface area contributed by atoms with Crippen LogP contribution in [0.3, 0.4) is 0 Å². The Kier molecular flexibility index (Phi) is 5.98. The van der Waals surface area contributed by atoms with E-state index in [1.165, 1.54) is 31.6 Å². The summed E-state index contributed by atoms with van der Waals surface area (Å²) in [5.74, 6) is -0.0138. The monoisotopic (exact) mass is 443 g/mol. The molecular weight excluding hydrogens is 423 g/mol. The van der Waals surface area contributed by atoms with Gasteiger partial charge in [0.05, 0.1) is 31.1 Å². The summed E-state index contributed by atoms with van der Waals surface area (Å²) in [6.45, 7) is 0.355. The van der Waals surface area contributed by atoms with E-state index in [4.69, 9.17) is 9.47 Å². The van der Waals surface area contributed by atoms with Crippen LogP contribution in [0.2, 0.25) is 0 Å². The van der Waals surface area contributed by atoms with Gasteiger partial charge in [0, 0.05) is 12.1 Å². The molecule has 1 aromatic heterocycles. The first-order valence-electron chi connectivity index (χ1n) is 9.89. The zero-order chi connectivity index (χ0) is 22.7. The van der Waals surface area contributed by atoms with Crippen molar-refractivity contribution in [3.05, 3.63) is 83.2 Å². The SMILES string of the molecule is COc1cnc(OC[C@@H]2Cc3ccccc3CN2C(=O)c2cccc(C(F)(F)F)c2)nc1. The molecule has 0 N–H and O–H groups in total. The normalized spacial score (nSPS) is 15.8. The predicted molar refractivity (Wildman–Crippen MR) is 109 cm³/mol. The van der Waals surface area contributed by atoms with E-state index in [2.05, 4.69) is 9.97 Å². The van der Waals surface area contributed by atoms with Gasteiger partial charge in [-0.25, -0.2) is 0 Å². The highest BCUT2D eigenvalue weighted by atomic mass is 19.4. The average Bonchev–Trinajstić information content (AvgIpc) is 2.81. The van der Waals surface area contributed by atoms with Crippen molar-refractivity contribution in [2.24, 2.45) is 0 Å². The summed E-state index contributed by atoms with van der Waals surface area (Å²) in [7, 11) is 1.50. The number of amides is 1. The van der Waals surface area contributed by atoms with Gasteiger partial charge in [0.15, 0.2) is 5.75 Å². The maximum Gasteiger partial charge on any atom is 0.416 e. The first-order chi connectivity index (χ1) is 15.3. The molecule has 2 heterocycles. The van der Waals surface area contributed by atoms with Gasteiger partial charge in [-0.2, -0.15) is 23.1 Å². The van der Waals surface area contributed by atoms with Gasteiger partial charge < -0.3 is 14.4 Å². The zero-order valence-corrected chi connectivity index (χ0v) is 17.2. The van der Waals surface area contributed by atoms with Crippen LogP contribution < -0.4 is 9.47 Å². The molecule has 0 radical (unpaired) electrons. The maximum atomic E-state index is 13.2. The third kappa shape index (κ3) is 4.66. The summed E-state index contributed by atoms with van der Waals surface area (Å²) < 4.78 is 50.1. The fraction of sp³-hybridized carbons (Fsp3) is 0.261. The maximum absolute atomic E-state index is 13.2. The molecule has 1 amide bonds. The Hall–Kier alpha value is -3.62. The molecule has 0 saturated heterocycles. The highest BCUT2D eigenvalue weighted by Crippen LogP contribution is 2.31. The van der Waals surface area contributed by atoms with E-state index in [9.17, 15) is 18.0 Å². The number of nitrogens with zero attached hydrogens (tertiary/aromatic N) is 3. The number of fused-ring (bicyclic) bond motifs is 1. The lowest BCUT2D eigenvalue weighted by molar-refractivity contribution is -0.137. The molecule has 0 saturated carbocycles. The number of alkyl halides is 3. The fourth-order valence-electron chi connectivity index (χ4n) is 3.62. The van der Waals surface area contributed by atoms with E-state index >= 15 is 0 Å². The lowest BCUT2D eigenvalue weighted by Gasteiger charge is -2.36. The van der Waals surface area contributed by atoms with Gasteiger partial charge in [0.25, 0.3) is 5.91 Å². The number of hydrogen-bond acceptors (Lipinski definition) is 5. The molecule has 0 bridgehead atoms. The van der Waals surface area contributed by atoms with E-state index in [0.29, 0.717) is 12.2 Å². The van der Waals surface area contributed by atoms with Crippen LogP contribution in [0.5, 0.6) is 11.8 Å². The number of halogens is 3. The van der Waals surface area contributed by atoms with Crippen molar-refractivity contribution in [3.8, 4) is 11.8 Å². The summed E-state index contributed by atoms with van der Waals surface area (Å²) in [6.07, 6.45) is -1.11. The summed E-state index contributed by atoms with van der Waals surface area (Å²) >= 11 is 0. The minimum atomic E-state index is -4.53. The highest BCUT2D eigenvalue weighted by Gasteiger charge is 2.34. The summed E-state index contributed by atoms with van der Waals surface area (Å²) in [6, 6.07) is 11.8. The van der Waals surface area contributed by atoms with Gasteiger partial charge >= 0.3 is 12.2 Å². The van der Waals surface area contributed by atoms with Crippen molar-refractivity contribution >= 4 is 5.91 Å². The molecule has 166 valence electrons. The molecule has 0 spiro atoms. The van der Waals surface area contributed by atoms with Crippen LogP contribution in [-0.4, -0.2) is 40.5 Å². The molecule has 4 rings (SSSR count). The van der Waals surface area contributed by atoms with Crippen LogP contribution in [0, 0.1) is 0 Å². The van der Waals surface area contributed by atoms with Crippen LogP contribution in [0.1, 0.15) is 27.0 Å². The van der Waals surface area contributed by atoms with Gasteiger partial charge in [0.1, 0.15) is 6.61 Å². The van der Waals surface area contributed by atoms with Crippen molar-refractivity contribution in [1.82, 2.24) is 14.9 Å². The number of ether oxygens (including phenoxy) is 2. The Morgan fingerprint density at radius 2 is 1.81 bits per heavy atom. The molecule has 0 fully saturated rings. The van der Waals surface area contributed by atoms with Crippen LogP contribution in [0.4, 0.5) is 13.2 Å². The van der Waals surface area contributed by atoms with Crippen molar-refractivity contribution in [2.45, 2.75) is 25.2 Å². The number of hydrogen-bond donors (Lipinski definition) is 0. The van der Waals surface area contributed by atoms with Crippen LogP contribution in [0.25, 0.3) is 0 Å². The van der Waals surface area contributed by atoms with E-state index in [1.807, 2.05) is 24.3 Å². The quantitative estimate of drug-likeness (QED) is 0.593. The second-order valence-electron chi connectivity index (χ2n) is 7.35. The molecule has 2 aromatic carbocycles. The van der Waals surface area contributed by atoms with Gasteiger partial charge in [0.2, 0.25) is 0 Å². The number of carbonyl (C=O) groups excluding carboxylic acids is 1. The number of aromatic nitrogens is 2. The minimum absolute atomic E-state index is 0.0232. The third-order valence-corrected chi connectivity index (χ3v) is 5.30. The number of methoxy groups -OCH3 is 1. The Balaban J connectivity index is 1.59. The van der Waals surface area contributed by atoms with Crippen molar-refractivity contribution < 1.29 is 27.4 Å². The minimum Gasteiger partial charge on any atom is -0.494 e. The smallest absolute Gasteiger partial charge is 0.416 e. The van der Waals surface area contributed by atoms with E-state index in [-0.39, 0.29) is 24.7 Å². The molecule has 1 aliphatic rings. The second kappa shape index (κ2) is 8.86. The molecule has 0 aliphatic carbocycles. The summed E-state index contributed by atoms with van der Waals surface area (Å²) in [5.41, 5.74) is 1.12. The molecule has 9 heteroatoms. The molecular formula is C23H20F3N3O3. The Morgan fingerprint density at radius 3 is 2.50 bits per heavy atom. The van der Waals surface area contributed by atoms with Gasteiger partial charge in [-0.15, -0.1) is 0 Å². The topological polar surface area (TPSA) is 64.6 Å². The second-order valence-corrected chi connectivity index (χ2v) is 7.35. The molecule has 32 heavy (non-hydrogen) atoms. The number of carbonyl (C=O) groups is 1. The molecule has 6 nitrogen and oxygen atoms in total. The van der Waals surface area contributed by atoms with E-state index in [0.717, 1.165) is 23.3 Å². The summed E-state index contributed by atoms with van der Waals surface area (Å²) in [4.78, 5) is 22.9. The lowest BCUT2D eigenvalue weighted by atomic mass is 9.93. The molecule has 0 unspecified atom stereocenters. The lowest BCUT2D eigenvalue weighted by Crippen LogP contribution is -2.47. The molecule has 3 aromatic rings. The van der Waals surface area contributed by atoms with Crippen LogP contribution in [-0.2, 0) is 19.1 Å². The number of benzene rings is 2. The Bertz CT molecular complexity index is 1100. The van der Waals surface area contributed by atoms with E-state index < -0.39 is 23.7 Å². The van der Waals surface area contributed by atoms with Gasteiger partial charge in [-0.1, -0.05) is 30.3 Å². The van der Waals surface area contributed by atoms with Crippen LogP contribution in [0.15, 0.2) is 60.9 Å². The standard InChI is InChI=1S/C23H20F3N3O3/c1-31-20-11-27-22(28-12-20)32-14-19-10-15-5-2-3-6-17(15)13-29(19)21(30)16-7-4-8-18(9-16)23(24,25)26/h2-9,11-12,19H,10,13-14H2,1H3/t19-/m0/s1. The van der Waals surface area contributed by atoms with Crippen molar-refractivity contribution in [2.75, 3.05) is 13.7 Å². The fourth-order valence-corrected chi connectivity index (χ4v) is 3.62. The van der Waals surface area contributed by atoms with E-state index in [1.54, 1.807) is 4.90 Å². The first-order valence-corrected chi connectivity index (χ1v) is 9.89. The number of rotatable bonds is 5. The summed E-state index contributed by atoms with van der Waals surface area (Å²) in [5, 5.41) is 0. The molecule has 1 atom stereocenters. The van der Waals surface area contributed by atoms with Crippen molar-refractivity contribution in [3.63, 3.8) is 0 Å². The van der Waals surface area contributed by atoms with Crippen molar-refractivity contribution in [1.29, 1.82) is 0 Å². The van der Waals surface area contributed by atoms with Gasteiger partial charge in [-0.05, 0) is 35.7 Å². The first kappa shape index (κ1) is 21.6. The largest absolute Gasteiger partial charge is 0.494 e. The predicted octanol–water partition coefficient (Wildman–Crippen LogP) is 4.15. The van der Waals surface area contributed by atoms with Crippen LogP contribution >= 0.6 is 0 Å². The third-order valence-electron chi connectivity index (χ3n) is 5.30. The highest BCUT2D eigenvalue weighted by molar-refractivity contribution is 5.94.